The molecule has 0 radical (unpaired) electrons. The topological polar surface area (TPSA) is 38.3 Å². The van der Waals surface area contributed by atoms with Crippen molar-refractivity contribution in [3.63, 3.8) is 0 Å². The molecule has 0 aromatic carbocycles. The van der Waals surface area contributed by atoms with Crippen LogP contribution in [-0.4, -0.2) is 16.1 Å². The molecule has 0 N–H and O–H groups in total. The van der Waals surface area contributed by atoms with E-state index >= 15 is 0 Å². The molecule has 1 aliphatic rings. The van der Waals surface area contributed by atoms with Crippen LogP contribution in [0.2, 0.25) is 0 Å². The van der Waals surface area contributed by atoms with Gasteiger partial charge in [-0.2, -0.15) is 0 Å². The molecule has 1 aromatic rings. The molecular formula is C7H7FN2O. The molecule has 0 bridgehead atoms. The lowest BCUT2D eigenvalue weighted by Crippen LogP contribution is -1.94. The maximum absolute atomic E-state index is 12.3. The SMILES string of the molecule is C[C@H]1O[C@H]1c1ncc(F)cn1. The summed E-state index contributed by atoms with van der Waals surface area (Å²) in [7, 11) is 0. The normalized spacial score (nSPS) is 28.5. The zero-order chi connectivity index (χ0) is 7.84. The van der Waals surface area contributed by atoms with Crippen LogP contribution in [0.1, 0.15) is 18.9 Å². The highest BCUT2D eigenvalue weighted by molar-refractivity contribution is 5.02. The molecule has 58 valence electrons. The minimum atomic E-state index is -0.415. The predicted octanol–water partition coefficient (Wildman–Crippen LogP) is 1.08. The second kappa shape index (κ2) is 2.23. The van der Waals surface area contributed by atoms with Gasteiger partial charge in [0.05, 0.1) is 18.5 Å². The van der Waals surface area contributed by atoms with E-state index in [0.29, 0.717) is 5.82 Å². The third-order valence-corrected chi connectivity index (χ3v) is 1.61. The molecule has 2 atom stereocenters. The number of hydrogen-bond acceptors (Lipinski definition) is 3. The van der Waals surface area contributed by atoms with Gasteiger partial charge in [0.2, 0.25) is 0 Å². The number of nitrogens with zero attached hydrogens (tertiary/aromatic N) is 2. The lowest BCUT2D eigenvalue weighted by Gasteiger charge is -1.91. The van der Waals surface area contributed by atoms with E-state index in [4.69, 9.17) is 4.74 Å². The highest BCUT2D eigenvalue weighted by Gasteiger charge is 2.38. The summed E-state index contributed by atoms with van der Waals surface area (Å²) in [6.07, 6.45) is 2.46. The lowest BCUT2D eigenvalue weighted by molar-refractivity contribution is 0.376. The van der Waals surface area contributed by atoms with Gasteiger partial charge in [0, 0.05) is 0 Å². The fourth-order valence-corrected chi connectivity index (χ4v) is 0.926. The van der Waals surface area contributed by atoms with Crippen molar-refractivity contribution in [1.82, 2.24) is 9.97 Å². The highest BCUT2D eigenvalue weighted by Crippen LogP contribution is 2.35. The van der Waals surface area contributed by atoms with Crippen LogP contribution in [0.15, 0.2) is 12.4 Å². The highest BCUT2D eigenvalue weighted by atomic mass is 19.1. The van der Waals surface area contributed by atoms with Crippen molar-refractivity contribution < 1.29 is 9.13 Å². The Labute approximate surface area is 63.2 Å². The number of epoxide rings is 1. The van der Waals surface area contributed by atoms with Gasteiger partial charge in [0.1, 0.15) is 6.10 Å². The Morgan fingerprint density at radius 1 is 1.45 bits per heavy atom. The van der Waals surface area contributed by atoms with E-state index in [1.54, 1.807) is 0 Å². The molecule has 1 aromatic heterocycles. The number of ether oxygens (including phenoxy) is 1. The first-order valence-corrected chi connectivity index (χ1v) is 3.40. The van der Waals surface area contributed by atoms with E-state index in [0.717, 1.165) is 12.4 Å². The summed E-state index contributed by atoms with van der Waals surface area (Å²) >= 11 is 0. The first-order chi connectivity index (χ1) is 5.27. The Balaban J connectivity index is 2.21. The summed E-state index contributed by atoms with van der Waals surface area (Å²) in [6.45, 7) is 1.93. The van der Waals surface area contributed by atoms with Crippen LogP contribution in [0.5, 0.6) is 0 Å². The number of halogens is 1. The van der Waals surface area contributed by atoms with E-state index in [1.807, 2.05) is 6.92 Å². The molecule has 2 rings (SSSR count). The zero-order valence-corrected chi connectivity index (χ0v) is 5.99. The fraction of sp³-hybridized carbons (Fsp3) is 0.429. The average molecular weight is 154 g/mol. The molecule has 0 saturated carbocycles. The molecule has 4 heteroatoms. The molecule has 0 amide bonds. The lowest BCUT2D eigenvalue weighted by atomic mass is 10.3. The van der Waals surface area contributed by atoms with Crippen LogP contribution in [0.4, 0.5) is 4.39 Å². The first-order valence-electron chi connectivity index (χ1n) is 3.40. The van der Waals surface area contributed by atoms with Gasteiger partial charge in [0.15, 0.2) is 11.6 Å². The molecule has 1 aliphatic heterocycles. The summed E-state index contributed by atoms with van der Waals surface area (Å²) in [5, 5.41) is 0. The van der Waals surface area contributed by atoms with Gasteiger partial charge < -0.3 is 4.74 Å². The van der Waals surface area contributed by atoms with Gasteiger partial charge in [-0.15, -0.1) is 0 Å². The van der Waals surface area contributed by atoms with Crippen LogP contribution < -0.4 is 0 Å². The van der Waals surface area contributed by atoms with Gasteiger partial charge in [-0.1, -0.05) is 0 Å². The molecule has 0 spiro atoms. The quantitative estimate of drug-likeness (QED) is 0.568. The molecule has 1 fully saturated rings. The van der Waals surface area contributed by atoms with E-state index in [9.17, 15) is 4.39 Å². The average Bonchev–Trinajstić information content (AvgIpc) is 2.69. The Morgan fingerprint density at radius 3 is 2.45 bits per heavy atom. The van der Waals surface area contributed by atoms with Crippen molar-refractivity contribution in [3.8, 4) is 0 Å². The summed E-state index contributed by atoms with van der Waals surface area (Å²) < 4.78 is 17.4. The monoisotopic (exact) mass is 154 g/mol. The maximum Gasteiger partial charge on any atom is 0.159 e. The van der Waals surface area contributed by atoms with E-state index < -0.39 is 5.82 Å². The Bertz CT molecular complexity index is 262. The summed E-state index contributed by atoms with van der Waals surface area (Å²) in [6, 6.07) is 0. The van der Waals surface area contributed by atoms with E-state index in [1.165, 1.54) is 0 Å². The molecule has 11 heavy (non-hydrogen) atoms. The van der Waals surface area contributed by atoms with Gasteiger partial charge >= 0.3 is 0 Å². The summed E-state index contributed by atoms with van der Waals surface area (Å²) in [4.78, 5) is 7.56. The molecule has 1 saturated heterocycles. The molecule has 2 heterocycles. The Hall–Kier alpha value is -1.03. The third-order valence-electron chi connectivity index (χ3n) is 1.61. The second-order valence-corrected chi connectivity index (χ2v) is 2.52. The smallest absolute Gasteiger partial charge is 0.159 e. The van der Waals surface area contributed by atoms with Crippen molar-refractivity contribution in [2.24, 2.45) is 0 Å². The van der Waals surface area contributed by atoms with Gasteiger partial charge in [-0.3, -0.25) is 0 Å². The minimum absolute atomic E-state index is 0.0180. The standard InChI is InChI=1S/C7H7FN2O/c1-4-6(11-4)7-9-2-5(8)3-10-7/h2-4,6H,1H3/t4-,6-/m1/s1. The van der Waals surface area contributed by atoms with Crippen molar-refractivity contribution in [2.75, 3.05) is 0 Å². The summed E-state index contributed by atoms with van der Waals surface area (Å²) in [5.41, 5.74) is 0. The third kappa shape index (κ3) is 1.21. The second-order valence-electron chi connectivity index (χ2n) is 2.52. The van der Waals surface area contributed by atoms with Gasteiger partial charge in [-0.25, -0.2) is 14.4 Å². The molecule has 0 aliphatic carbocycles. The van der Waals surface area contributed by atoms with Crippen molar-refractivity contribution in [3.05, 3.63) is 24.0 Å². The van der Waals surface area contributed by atoms with Crippen LogP contribution in [-0.2, 0) is 4.74 Å². The van der Waals surface area contributed by atoms with Gasteiger partial charge in [0.25, 0.3) is 0 Å². The van der Waals surface area contributed by atoms with Crippen LogP contribution in [0.25, 0.3) is 0 Å². The van der Waals surface area contributed by atoms with Crippen molar-refractivity contribution in [2.45, 2.75) is 19.1 Å². The van der Waals surface area contributed by atoms with Crippen LogP contribution >= 0.6 is 0 Å². The predicted molar refractivity (Wildman–Crippen MR) is 35.3 cm³/mol. The molecule has 3 nitrogen and oxygen atoms in total. The van der Waals surface area contributed by atoms with Crippen molar-refractivity contribution in [1.29, 1.82) is 0 Å². The van der Waals surface area contributed by atoms with E-state index in [2.05, 4.69) is 9.97 Å². The van der Waals surface area contributed by atoms with E-state index in [-0.39, 0.29) is 12.2 Å². The summed E-state index contributed by atoms with van der Waals surface area (Å²) in [5.74, 6) is 0.154. The fourth-order valence-electron chi connectivity index (χ4n) is 0.926. The number of rotatable bonds is 1. The van der Waals surface area contributed by atoms with Crippen LogP contribution in [0.3, 0.4) is 0 Å². The molecule has 0 unspecified atom stereocenters. The molecular weight excluding hydrogens is 147 g/mol. The largest absolute Gasteiger partial charge is 0.361 e. The maximum atomic E-state index is 12.3. The zero-order valence-electron chi connectivity index (χ0n) is 5.99. The Kier molecular flexibility index (Phi) is 1.35. The minimum Gasteiger partial charge on any atom is -0.361 e. The number of hydrogen-bond donors (Lipinski definition) is 0. The first kappa shape index (κ1) is 6.67. The van der Waals surface area contributed by atoms with Gasteiger partial charge in [-0.05, 0) is 6.92 Å². The number of aromatic nitrogens is 2. The van der Waals surface area contributed by atoms with Crippen LogP contribution in [0, 0.1) is 5.82 Å². The van der Waals surface area contributed by atoms with Crippen molar-refractivity contribution >= 4 is 0 Å². The Morgan fingerprint density at radius 2 is 2.00 bits per heavy atom.